The van der Waals surface area contributed by atoms with Crippen LogP contribution in [0.25, 0.3) is 0 Å². The maximum Gasteiger partial charge on any atom is 0.0302 e. The number of hydrogen-bond acceptors (Lipinski definition) is 1. The van der Waals surface area contributed by atoms with Crippen LogP contribution in [0, 0.1) is 6.42 Å². The van der Waals surface area contributed by atoms with E-state index in [9.17, 15) is 0 Å². The molecule has 0 atom stereocenters. The lowest BCUT2D eigenvalue weighted by Gasteiger charge is -1.97. The minimum absolute atomic E-state index is 1.09. The Morgan fingerprint density at radius 2 is 2.33 bits per heavy atom. The fraction of sp³-hybridized carbons (Fsp3) is 0.273. The van der Waals surface area contributed by atoms with Crippen LogP contribution in [0.3, 0.4) is 0 Å². The smallest absolute Gasteiger partial charge is 0.0302 e. The average Bonchev–Trinajstić information content (AvgIpc) is 2.14. The highest BCUT2D eigenvalue weighted by molar-refractivity contribution is 5.17. The topological polar surface area (TPSA) is 12.9 Å². The van der Waals surface area contributed by atoms with Crippen molar-refractivity contribution in [1.82, 2.24) is 4.98 Å². The lowest BCUT2D eigenvalue weighted by molar-refractivity contribution is 0.837. The number of allylic oxidation sites excluding steroid dienone is 1. The van der Waals surface area contributed by atoms with Gasteiger partial charge in [0.15, 0.2) is 0 Å². The van der Waals surface area contributed by atoms with E-state index in [2.05, 4.69) is 24.1 Å². The van der Waals surface area contributed by atoms with E-state index in [1.807, 2.05) is 18.3 Å². The van der Waals surface area contributed by atoms with Crippen molar-refractivity contribution in [2.24, 2.45) is 0 Å². The van der Waals surface area contributed by atoms with Crippen molar-refractivity contribution in [3.05, 3.63) is 49.2 Å². The van der Waals surface area contributed by atoms with Gasteiger partial charge in [-0.25, -0.2) is 0 Å². The third kappa shape index (κ3) is 3.33. The van der Waals surface area contributed by atoms with Crippen LogP contribution < -0.4 is 0 Å². The lowest BCUT2D eigenvalue weighted by atomic mass is 10.1. The normalized spacial score (nSPS) is 9.67. The first-order chi connectivity index (χ1) is 5.93. The SMILES string of the molecule is C=CCCC[CH]c1cccnc1. The third-order valence-electron chi connectivity index (χ3n) is 1.68. The van der Waals surface area contributed by atoms with Gasteiger partial charge in [-0.3, -0.25) is 4.98 Å². The molecule has 0 N–H and O–H groups in total. The van der Waals surface area contributed by atoms with E-state index >= 15 is 0 Å². The summed E-state index contributed by atoms with van der Waals surface area (Å²) < 4.78 is 0. The van der Waals surface area contributed by atoms with Crippen molar-refractivity contribution in [1.29, 1.82) is 0 Å². The Labute approximate surface area is 74.2 Å². The molecule has 0 aromatic carbocycles. The molecule has 0 fully saturated rings. The molecular formula is C11H14N. The van der Waals surface area contributed by atoms with Gasteiger partial charge in [-0.05, 0) is 37.3 Å². The fourth-order valence-corrected chi connectivity index (χ4v) is 1.03. The van der Waals surface area contributed by atoms with Crippen LogP contribution in [0.5, 0.6) is 0 Å². The van der Waals surface area contributed by atoms with Crippen LogP contribution >= 0.6 is 0 Å². The maximum atomic E-state index is 4.03. The molecule has 0 aliphatic rings. The van der Waals surface area contributed by atoms with Crippen LogP contribution in [-0.4, -0.2) is 4.98 Å². The summed E-state index contributed by atoms with van der Waals surface area (Å²) >= 11 is 0. The maximum absolute atomic E-state index is 4.03. The summed E-state index contributed by atoms with van der Waals surface area (Å²) in [6.45, 7) is 3.68. The van der Waals surface area contributed by atoms with E-state index in [-0.39, 0.29) is 0 Å². The molecule has 12 heavy (non-hydrogen) atoms. The van der Waals surface area contributed by atoms with Crippen molar-refractivity contribution in [3.8, 4) is 0 Å². The second-order valence-corrected chi connectivity index (χ2v) is 2.71. The molecule has 63 valence electrons. The largest absolute Gasteiger partial charge is 0.264 e. The van der Waals surface area contributed by atoms with Crippen LogP contribution in [0.2, 0.25) is 0 Å². The molecule has 1 aromatic rings. The molecule has 0 aliphatic carbocycles. The van der Waals surface area contributed by atoms with E-state index in [0.717, 1.165) is 12.8 Å². The molecule has 1 aromatic heterocycles. The lowest BCUT2D eigenvalue weighted by Crippen LogP contribution is -1.82. The second-order valence-electron chi connectivity index (χ2n) is 2.71. The molecule has 1 rings (SSSR count). The van der Waals surface area contributed by atoms with Gasteiger partial charge in [-0.2, -0.15) is 0 Å². The van der Waals surface area contributed by atoms with Crippen molar-refractivity contribution >= 4 is 0 Å². The van der Waals surface area contributed by atoms with Gasteiger partial charge in [0, 0.05) is 12.4 Å². The molecule has 0 saturated carbocycles. The standard InChI is InChI=1S/C11H14N/c1-2-3-4-5-7-11-8-6-9-12-10-11/h2,6-10H,1,3-5H2. The highest BCUT2D eigenvalue weighted by atomic mass is 14.6. The van der Waals surface area contributed by atoms with Crippen LogP contribution in [-0.2, 0) is 0 Å². The van der Waals surface area contributed by atoms with E-state index in [0.29, 0.717) is 0 Å². The van der Waals surface area contributed by atoms with Crippen molar-refractivity contribution in [2.75, 3.05) is 0 Å². The Bertz CT molecular complexity index is 216. The van der Waals surface area contributed by atoms with E-state index in [1.165, 1.54) is 12.0 Å². The first-order valence-electron chi connectivity index (χ1n) is 4.27. The van der Waals surface area contributed by atoms with Gasteiger partial charge in [-0.15, -0.1) is 6.58 Å². The highest BCUT2D eigenvalue weighted by Crippen LogP contribution is 2.06. The Morgan fingerprint density at radius 1 is 1.42 bits per heavy atom. The number of rotatable bonds is 5. The molecule has 0 aliphatic heterocycles. The van der Waals surface area contributed by atoms with Gasteiger partial charge < -0.3 is 0 Å². The zero-order valence-electron chi connectivity index (χ0n) is 7.24. The summed E-state index contributed by atoms with van der Waals surface area (Å²) in [6, 6.07) is 4.03. The predicted octanol–water partition coefficient (Wildman–Crippen LogP) is 2.99. The number of pyridine rings is 1. The van der Waals surface area contributed by atoms with Gasteiger partial charge in [0.1, 0.15) is 0 Å². The first kappa shape index (κ1) is 8.98. The molecule has 1 heterocycles. The van der Waals surface area contributed by atoms with Gasteiger partial charge >= 0.3 is 0 Å². The van der Waals surface area contributed by atoms with Crippen molar-refractivity contribution < 1.29 is 0 Å². The Balaban J connectivity index is 2.20. The minimum Gasteiger partial charge on any atom is -0.264 e. The summed E-state index contributed by atoms with van der Waals surface area (Å²) in [4.78, 5) is 4.03. The van der Waals surface area contributed by atoms with Crippen molar-refractivity contribution in [2.45, 2.75) is 19.3 Å². The van der Waals surface area contributed by atoms with E-state index < -0.39 is 0 Å². The average molecular weight is 160 g/mol. The Morgan fingerprint density at radius 3 is 3.00 bits per heavy atom. The highest BCUT2D eigenvalue weighted by Gasteiger charge is 1.91. The zero-order valence-corrected chi connectivity index (χ0v) is 7.24. The summed E-state index contributed by atoms with van der Waals surface area (Å²) in [5, 5.41) is 0. The summed E-state index contributed by atoms with van der Waals surface area (Å²) in [7, 11) is 0. The fourth-order valence-electron chi connectivity index (χ4n) is 1.03. The Hall–Kier alpha value is -1.11. The molecule has 0 spiro atoms. The summed E-state index contributed by atoms with van der Waals surface area (Å²) in [6.07, 6.45) is 11.2. The number of nitrogens with zero attached hydrogens (tertiary/aromatic N) is 1. The zero-order chi connectivity index (χ0) is 8.65. The van der Waals surface area contributed by atoms with E-state index in [1.54, 1.807) is 6.20 Å². The van der Waals surface area contributed by atoms with Gasteiger partial charge in [0.2, 0.25) is 0 Å². The minimum atomic E-state index is 1.09. The van der Waals surface area contributed by atoms with Crippen LogP contribution in [0.4, 0.5) is 0 Å². The van der Waals surface area contributed by atoms with Crippen LogP contribution in [0.1, 0.15) is 24.8 Å². The second kappa shape index (κ2) is 5.53. The first-order valence-corrected chi connectivity index (χ1v) is 4.27. The van der Waals surface area contributed by atoms with Gasteiger partial charge in [0.05, 0.1) is 0 Å². The Kier molecular flexibility index (Phi) is 4.14. The molecule has 1 heteroatoms. The molecule has 0 unspecified atom stereocenters. The molecular weight excluding hydrogens is 146 g/mol. The number of unbranched alkanes of at least 4 members (excludes halogenated alkanes) is 2. The van der Waals surface area contributed by atoms with Crippen LogP contribution in [0.15, 0.2) is 37.2 Å². The van der Waals surface area contributed by atoms with E-state index in [4.69, 9.17) is 0 Å². The van der Waals surface area contributed by atoms with Gasteiger partial charge in [0.25, 0.3) is 0 Å². The molecule has 0 amide bonds. The molecule has 1 radical (unpaired) electrons. The number of hydrogen-bond donors (Lipinski definition) is 0. The monoisotopic (exact) mass is 160 g/mol. The quantitative estimate of drug-likeness (QED) is 0.476. The van der Waals surface area contributed by atoms with Gasteiger partial charge in [-0.1, -0.05) is 12.1 Å². The van der Waals surface area contributed by atoms with Crippen molar-refractivity contribution in [3.63, 3.8) is 0 Å². The molecule has 0 saturated heterocycles. The molecule has 1 nitrogen and oxygen atoms in total. The number of aromatic nitrogens is 1. The third-order valence-corrected chi connectivity index (χ3v) is 1.68. The summed E-state index contributed by atoms with van der Waals surface area (Å²) in [5.74, 6) is 0. The summed E-state index contributed by atoms with van der Waals surface area (Å²) in [5.41, 5.74) is 1.21. The predicted molar refractivity (Wildman–Crippen MR) is 51.7 cm³/mol. The molecule has 0 bridgehead atoms.